The lowest BCUT2D eigenvalue weighted by atomic mass is 9.92. The van der Waals surface area contributed by atoms with E-state index in [0.29, 0.717) is 16.1 Å². The number of Topliss-reactive ketones (excluding diaryl/α,β-unsaturated/α-hetero) is 1. The van der Waals surface area contributed by atoms with E-state index in [0.717, 1.165) is 16.2 Å². The van der Waals surface area contributed by atoms with Gasteiger partial charge in [0, 0.05) is 28.9 Å². The van der Waals surface area contributed by atoms with Crippen LogP contribution in [0.1, 0.15) is 28.4 Å². The smallest absolute Gasteiger partial charge is 0.319 e. The number of amides is 4. The van der Waals surface area contributed by atoms with E-state index in [1.165, 1.54) is 4.90 Å². The molecule has 0 aliphatic carbocycles. The first-order chi connectivity index (χ1) is 13.7. The molecule has 8 heteroatoms. The summed E-state index contributed by atoms with van der Waals surface area (Å²) in [6.07, 6.45) is 0.223. The van der Waals surface area contributed by atoms with Crippen molar-refractivity contribution in [1.29, 1.82) is 0 Å². The summed E-state index contributed by atoms with van der Waals surface area (Å²) in [6, 6.07) is 11.1. The van der Waals surface area contributed by atoms with Gasteiger partial charge in [0.15, 0.2) is 5.78 Å². The number of hydrogen-bond donors (Lipinski definition) is 1. The van der Waals surface area contributed by atoms with Gasteiger partial charge in [-0.3, -0.25) is 19.3 Å². The highest BCUT2D eigenvalue weighted by atomic mass is 35.5. The van der Waals surface area contributed by atoms with Crippen LogP contribution in [-0.4, -0.2) is 42.1 Å². The summed E-state index contributed by atoms with van der Waals surface area (Å²) in [5.74, 6) is -0.976. The number of ketones is 1. The molecule has 148 valence electrons. The third kappa shape index (κ3) is 2.98. The molecule has 2 heterocycles. The van der Waals surface area contributed by atoms with Gasteiger partial charge in [-0.15, -0.1) is 0 Å². The van der Waals surface area contributed by atoms with Gasteiger partial charge < -0.3 is 10.2 Å². The number of fused-ring (bicyclic) bond motifs is 1. The van der Waals surface area contributed by atoms with Crippen molar-refractivity contribution in [2.75, 3.05) is 18.5 Å². The van der Waals surface area contributed by atoms with Gasteiger partial charge in [-0.25, -0.2) is 4.79 Å². The number of halogens is 1. The molecule has 29 heavy (non-hydrogen) atoms. The number of rotatable bonds is 4. The first kappa shape index (κ1) is 19.1. The molecule has 1 atom stereocenters. The van der Waals surface area contributed by atoms with Crippen LogP contribution in [0.25, 0.3) is 0 Å². The maximum atomic E-state index is 13.0. The lowest BCUT2D eigenvalue weighted by Gasteiger charge is -2.23. The number of benzene rings is 2. The van der Waals surface area contributed by atoms with Crippen molar-refractivity contribution in [3.05, 3.63) is 64.2 Å². The van der Waals surface area contributed by atoms with Crippen LogP contribution >= 0.6 is 11.6 Å². The van der Waals surface area contributed by atoms with Crippen LogP contribution < -0.4 is 10.2 Å². The van der Waals surface area contributed by atoms with Crippen molar-refractivity contribution >= 4 is 40.9 Å². The number of nitrogens with zero attached hydrogens (tertiary/aromatic N) is 2. The summed E-state index contributed by atoms with van der Waals surface area (Å²) in [4.78, 5) is 52.5. The number of carbonyl (C=O) groups excluding carboxylic acids is 4. The van der Waals surface area contributed by atoms with Gasteiger partial charge in [0.05, 0.1) is 13.0 Å². The minimum Gasteiger partial charge on any atom is -0.319 e. The van der Waals surface area contributed by atoms with Crippen molar-refractivity contribution in [3.63, 3.8) is 0 Å². The maximum absolute atomic E-state index is 13.0. The number of urea groups is 1. The number of likely N-dealkylation sites (N-methyl/N-ethyl adjacent to an activating group) is 1. The molecule has 7 nitrogen and oxygen atoms in total. The van der Waals surface area contributed by atoms with Gasteiger partial charge in [-0.2, -0.15) is 0 Å². The fraction of sp³-hybridized carbons (Fsp3) is 0.238. The Balaban J connectivity index is 1.57. The van der Waals surface area contributed by atoms with Crippen LogP contribution in [0.5, 0.6) is 0 Å². The average molecular weight is 412 g/mol. The zero-order chi connectivity index (χ0) is 20.9. The van der Waals surface area contributed by atoms with E-state index in [1.807, 2.05) is 0 Å². The van der Waals surface area contributed by atoms with Crippen LogP contribution in [0.3, 0.4) is 0 Å². The molecule has 0 spiro atoms. The molecule has 0 unspecified atom stereocenters. The van der Waals surface area contributed by atoms with E-state index in [9.17, 15) is 19.2 Å². The van der Waals surface area contributed by atoms with E-state index in [-0.39, 0.29) is 18.1 Å². The average Bonchev–Trinajstić information content (AvgIpc) is 3.09. The summed E-state index contributed by atoms with van der Waals surface area (Å²) in [5, 5.41) is 3.00. The maximum Gasteiger partial charge on any atom is 0.325 e. The fourth-order valence-corrected chi connectivity index (χ4v) is 4.09. The molecule has 4 amide bonds. The quantitative estimate of drug-likeness (QED) is 0.618. The van der Waals surface area contributed by atoms with Crippen molar-refractivity contribution in [2.24, 2.45) is 0 Å². The second-order valence-electron chi connectivity index (χ2n) is 7.32. The van der Waals surface area contributed by atoms with Gasteiger partial charge in [-0.1, -0.05) is 29.8 Å². The van der Waals surface area contributed by atoms with Crippen LogP contribution in [0.15, 0.2) is 42.5 Å². The number of hydrogen-bond acceptors (Lipinski definition) is 4. The SMILES string of the molecule is CN1C(=O)Cc2cc(C(=O)CN3C(=O)N[C@@](C)(c4ccccc4Cl)C3=O)ccc21. The molecule has 0 aromatic heterocycles. The Kier molecular flexibility index (Phi) is 4.42. The lowest BCUT2D eigenvalue weighted by molar-refractivity contribution is -0.130. The molecule has 0 bridgehead atoms. The zero-order valence-electron chi connectivity index (χ0n) is 15.9. The Morgan fingerprint density at radius 1 is 1.17 bits per heavy atom. The standard InChI is InChI=1S/C21H18ClN3O4/c1-21(14-5-3-4-6-15(14)22)19(28)25(20(29)23-21)11-17(26)12-7-8-16-13(9-12)10-18(27)24(16)2/h3-9H,10-11H2,1-2H3,(H,23,29)/t21-/m0/s1. The Hall–Kier alpha value is -3.19. The van der Waals surface area contributed by atoms with Crippen LogP contribution in [-0.2, 0) is 21.5 Å². The summed E-state index contributed by atoms with van der Waals surface area (Å²) < 4.78 is 0. The summed E-state index contributed by atoms with van der Waals surface area (Å²) in [5.41, 5.74) is 0.977. The highest BCUT2D eigenvalue weighted by Crippen LogP contribution is 2.34. The van der Waals surface area contributed by atoms with Crippen LogP contribution in [0.2, 0.25) is 5.02 Å². The minimum absolute atomic E-state index is 0.0470. The third-order valence-corrected chi connectivity index (χ3v) is 5.80. The number of anilines is 1. The van der Waals surface area contributed by atoms with Gasteiger partial charge in [0.2, 0.25) is 5.91 Å². The largest absolute Gasteiger partial charge is 0.325 e. The van der Waals surface area contributed by atoms with Crippen molar-refractivity contribution in [3.8, 4) is 0 Å². The predicted molar refractivity (Wildman–Crippen MR) is 107 cm³/mol. The van der Waals surface area contributed by atoms with Gasteiger partial charge in [-0.05, 0) is 36.8 Å². The summed E-state index contributed by atoms with van der Waals surface area (Å²) in [6.45, 7) is 1.17. The molecule has 2 aromatic carbocycles. The molecule has 1 saturated heterocycles. The van der Waals surface area contributed by atoms with E-state index in [1.54, 1.807) is 56.4 Å². The Labute approximate surface area is 172 Å². The van der Waals surface area contributed by atoms with E-state index in [4.69, 9.17) is 11.6 Å². The third-order valence-electron chi connectivity index (χ3n) is 5.47. The zero-order valence-corrected chi connectivity index (χ0v) is 16.6. The number of nitrogens with one attached hydrogen (secondary N) is 1. The van der Waals surface area contributed by atoms with Gasteiger partial charge >= 0.3 is 6.03 Å². The molecule has 0 saturated carbocycles. The van der Waals surface area contributed by atoms with Crippen molar-refractivity contribution in [2.45, 2.75) is 18.9 Å². The highest BCUT2D eigenvalue weighted by Gasteiger charge is 2.50. The van der Waals surface area contributed by atoms with Crippen LogP contribution in [0, 0.1) is 0 Å². The van der Waals surface area contributed by atoms with Crippen molar-refractivity contribution in [1.82, 2.24) is 10.2 Å². The number of imide groups is 1. The summed E-state index contributed by atoms with van der Waals surface area (Å²) in [7, 11) is 1.68. The lowest BCUT2D eigenvalue weighted by Crippen LogP contribution is -2.41. The highest BCUT2D eigenvalue weighted by molar-refractivity contribution is 6.32. The van der Waals surface area contributed by atoms with Gasteiger partial charge in [0.1, 0.15) is 5.54 Å². The first-order valence-corrected chi connectivity index (χ1v) is 9.42. The van der Waals surface area contributed by atoms with E-state index in [2.05, 4.69) is 5.32 Å². The molecular formula is C21H18ClN3O4. The first-order valence-electron chi connectivity index (χ1n) is 9.04. The Bertz CT molecular complexity index is 1080. The second-order valence-corrected chi connectivity index (χ2v) is 7.73. The number of carbonyl (C=O) groups is 4. The van der Waals surface area contributed by atoms with E-state index >= 15 is 0 Å². The topological polar surface area (TPSA) is 86.8 Å². The molecule has 1 N–H and O–H groups in total. The molecular weight excluding hydrogens is 394 g/mol. The Morgan fingerprint density at radius 3 is 2.62 bits per heavy atom. The molecule has 2 aromatic rings. The monoisotopic (exact) mass is 411 g/mol. The molecule has 2 aliphatic rings. The molecule has 2 aliphatic heterocycles. The normalized spacial score (nSPS) is 20.9. The molecule has 4 rings (SSSR count). The minimum atomic E-state index is -1.34. The van der Waals surface area contributed by atoms with Gasteiger partial charge in [0.25, 0.3) is 5.91 Å². The van der Waals surface area contributed by atoms with E-state index < -0.39 is 24.0 Å². The Morgan fingerprint density at radius 2 is 1.90 bits per heavy atom. The van der Waals surface area contributed by atoms with Crippen LogP contribution in [0.4, 0.5) is 10.5 Å². The molecule has 1 fully saturated rings. The fourth-order valence-electron chi connectivity index (χ4n) is 3.77. The summed E-state index contributed by atoms with van der Waals surface area (Å²) >= 11 is 6.21. The molecule has 0 radical (unpaired) electrons. The van der Waals surface area contributed by atoms with Crippen molar-refractivity contribution < 1.29 is 19.2 Å². The second kappa shape index (κ2) is 6.70. The predicted octanol–water partition coefficient (Wildman–Crippen LogP) is 2.51.